The lowest BCUT2D eigenvalue weighted by molar-refractivity contribution is 0.261. The van der Waals surface area contributed by atoms with E-state index in [4.69, 9.17) is 4.74 Å². The fourth-order valence-corrected chi connectivity index (χ4v) is 0.988. The normalized spacial score (nSPS) is 18.1. The van der Waals surface area contributed by atoms with Crippen molar-refractivity contribution in [1.82, 2.24) is 0 Å². The fraction of sp³-hybridized carbons (Fsp3) is 0.667. The summed E-state index contributed by atoms with van der Waals surface area (Å²) in [5.41, 5.74) is 1.29. The van der Waals surface area contributed by atoms with Gasteiger partial charge in [0.2, 0.25) is 0 Å². The van der Waals surface area contributed by atoms with Gasteiger partial charge in [-0.25, -0.2) is 0 Å². The first-order valence-electron chi connectivity index (χ1n) is 4.08. The van der Waals surface area contributed by atoms with Crippen LogP contribution in [0.4, 0.5) is 0 Å². The predicted molar refractivity (Wildman–Crippen MR) is 46.8 cm³/mol. The summed E-state index contributed by atoms with van der Waals surface area (Å²) in [4.78, 5) is 4.37. The SMILES string of the molecule is C=COCCN=C(C)C1CC1. The zero-order valence-electron chi connectivity index (χ0n) is 7.05. The molecule has 1 fully saturated rings. The van der Waals surface area contributed by atoms with Gasteiger partial charge in [0.1, 0.15) is 6.61 Å². The largest absolute Gasteiger partial charge is 0.500 e. The Bertz CT molecular complexity index is 159. The quantitative estimate of drug-likeness (QED) is 0.336. The third-order valence-electron chi connectivity index (χ3n) is 1.86. The molecule has 0 unspecified atom stereocenters. The second-order valence-electron chi connectivity index (χ2n) is 2.83. The number of nitrogens with zero attached hydrogens (tertiary/aromatic N) is 1. The van der Waals surface area contributed by atoms with E-state index in [9.17, 15) is 0 Å². The molecule has 0 aromatic carbocycles. The molecule has 1 saturated carbocycles. The Labute approximate surface area is 68.0 Å². The second-order valence-corrected chi connectivity index (χ2v) is 2.83. The molecular formula is C9H15NO. The zero-order valence-corrected chi connectivity index (χ0v) is 7.05. The molecule has 0 atom stereocenters. The van der Waals surface area contributed by atoms with Gasteiger partial charge in [0.05, 0.1) is 12.8 Å². The lowest BCUT2D eigenvalue weighted by atomic mass is 10.3. The topological polar surface area (TPSA) is 21.6 Å². The summed E-state index contributed by atoms with van der Waals surface area (Å²) in [7, 11) is 0. The lowest BCUT2D eigenvalue weighted by Gasteiger charge is -1.97. The van der Waals surface area contributed by atoms with E-state index in [1.165, 1.54) is 24.8 Å². The van der Waals surface area contributed by atoms with Gasteiger partial charge in [-0.05, 0) is 25.7 Å². The molecule has 0 aliphatic heterocycles. The van der Waals surface area contributed by atoms with Gasteiger partial charge in [-0.3, -0.25) is 4.99 Å². The van der Waals surface area contributed by atoms with Gasteiger partial charge in [-0.1, -0.05) is 6.58 Å². The van der Waals surface area contributed by atoms with E-state index in [2.05, 4.69) is 18.5 Å². The maximum absolute atomic E-state index is 4.94. The summed E-state index contributed by atoms with van der Waals surface area (Å²) in [6.45, 7) is 6.99. The molecule has 11 heavy (non-hydrogen) atoms. The van der Waals surface area contributed by atoms with Crippen molar-refractivity contribution in [2.75, 3.05) is 13.2 Å². The van der Waals surface area contributed by atoms with Crippen LogP contribution >= 0.6 is 0 Å². The fourth-order valence-electron chi connectivity index (χ4n) is 0.988. The van der Waals surface area contributed by atoms with Gasteiger partial charge in [-0.2, -0.15) is 0 Å². The van der Waals surface area contributed by atoms with Crippen molar-refractivity contribution in [3.63, 3.8) is 0 Å². The Hall–Kier alpha value is -0.790. The van der Waals surface area contributed by atoms with Crippen LogP contribution < -0.4 is 0 Å². The van der Waals surface area contributed by atoms with Crippen molar-refractivity contribution in [2.24, 2.45) is 10.9 Å². The molecular weight excluding hydrogens is 138 g/mol. The minimum absolute atomic E-state index is 0.660. The summed E-state index contributed by atoms with van der Waals surface area (Å²) in [5.74, 6) is 0.790. The molecule has 2 nitrogen and oxygen atoms in total. The van der Waals surface area contributed by atoms with Crippen molar-refractivity contribution in [3.8, 4) is 0 Å². The highest BCUT2D eigenvalue weighted by Gasteiger charge is 2.23. The van der Waals surface area contributed by atoms with Crippen molar-refractivity contribution in [2.45, 2.75) is 19.8 Å². The molecule has 1 aliphatic rings. The van der Waals surface area contributed by atoms with E-state index >= 15 is 0 Å². The minimum Gasteiger partial charge on any atom is -0.500 e. The highest BCUT2D eigenvalue weighted by molar-refractivity contribution is 5.86. The Kier molecular flexibility index (Phi) is 3.14. The number of hydrogen-bond donors (Lipinski definition) is 0. The van der Waals surface area contributed by atoms with Crippen LogP contribution in [0.5, 0.6) is 0 Å². The summed E-state index contributed by atoms with van der Waals surface area (Å²) in [5, 5.41) is 0. The molecule has 0 N–H and O–H groups in total. The summed E-state index contributed by atoms with van der Waals surface area (Å²) >= 11 is 0. The number of ether oxygens (including phenoxy) is 1. The Balaban J connectivity index is 2.07. The molecule has 1 rings (SSSR count). The molecule has 2 heteroatoms. The van der Waals surface area contributed by atoms with E-state index in [1.807, 2.05) is 0 Å². The van der Waals surface area contributed by atoms with Crippen LogP contribution in [0.15, 0.2) is 17.8 Å². The maximum Gasteiger partial charge on any atom is 0.107 e. The van der Waals surface area contributed by atoms with Gasteiger partial charge in [-0.15, -0.1) is 0 Å². The third kappa shape index (κ3) is 3.21. The van der Waals surface area contributed by atoms with Crippen molar-refractivity contribution in [1.29, 1.82) is 0 Å². The molecule has 0 heterocycles. The second kappa shape index (κ2) is 4.16. The zero-order chi connectivity index (χ0) is 8.10. The van der Waals surface area contributed by atoms with Gasteiger partial charge in [0.25, 0.3) is 0 Å². The molecule has 0 aromatic rings. The first-order chi connectivity index (χ1) is 5.34. The van der Waals surface area contributed by atoms with Gasteiger partial charge in [0, 0.05) is 5.71 Å². The van der Waals surface area contributed by atoms with Crippen LogP contribution in [-0.2, 0) is 4.74 Å². The van der Waals surface area contributed by atoms with E-state index in [0.717, 1.165) is 12.5 Å². The number of aliphatic imine (C=N–C) groups is 1. The average molecular weight is 153 g/mol. The van der Waals surface area contributed by atoms with E-state index in [1.54, 1.807) is 0 Å². The highest BCUT2D eigenvalue weighted by Crippen LogP contribution is 2.30. The van der Waals surface area contributed by atoms with Crippen LogP contribution in [0, 0.1) is 5.92 Å². The van der Waals surface area contributed by atoms with Crippen molar-refractivity contribution >= 4 is 5.71 Å². The first kappa shape index (κ1) is 8.31. The Morgan fingerprint density at radius 2 is 2.45 bits per heavy atom. The summed E-state index contributed by atoms with van der Waals surface area (Å²) < 4.78 is 4.94. The van der Waals surface area contributed by atoms with Crippen LogP contribution in [0.25, 0.3) is 0 Å². The lowest BCUT2D eigenvalue weighted by Crippen LogP contribution is -1.99. The molecule has 0 spiro atoms. The maximum atomic E-state index is 4.94. The molecule has 0 radical (unpaired) electrons. The summed E-state index contributed by atoms with van der Waals surface area (Å²) in [6, 6.07) is 0. The molecule has 62 valence electrons. The van der Waals surface area contributed by atoms with Gasteiger partial charge in [0.15, 0.2) is 0 Å². The minimum atomic E-state index is 0.660. The Morgan fingerprint density at radius 3 is 3.00 bits per heavy atom. The molecule has 1 aliphatic carbocycles. The van der Waals surface area contributed by atoms with E-state index in [-0.39, 0.29) is 0 Å². The van der Waals surface area contributed by atoms with Crippen molar-refractivity contribution < 1.29 is 4.74 Å². The summed E-state index contributed by atoms with van der Waals surface area (Å²) in [6.07, 6.45) is 4.12. The van der Waals surface area contributed by atoms with Crippen LogP contribution in [-0.4, -0.2) is 18.9 Å². The monoisotopic (exact) mass is 153 g/mol. The molecule has 0 bridgehead atoms. The van der Waals surface area contributed by atoms with Crippen LogP contribution in [0.2, 0.25) is 0 Å². The number of hydrogen-bond acceptors (Lipinski definition) is 2. The van der Waals surface area contributed by atoms with E-state index in [0.29, 0.717) is 6.61 Å². The van der Waals surface area contributed by atoms with Gasteiger partial charge >= 0.3 is 0 Å². The van der Waals surface area contributed by atoms with Crippen LogP contribution in [0.1, 0.15) is 19.8 Å². The first-order valence-corrected chi connectivity index (χ1v) is 4.08. The molecule has 0 saturated heterocycles. The number of rotatable bonds is 5. The Morgan fingerprint density at radius 1 is 1.73 bits per heavy atom. The smallest absolute Gasteiger partial charge is 0.107 e. The highest BCUT2D eigenvalue weighted by atomic mass is 16.5. The predicted octanol–water partition coefficient (Wildman–Crippen LogP) is 2.02. The molecule has 0 amide bonds. The third-order valence-corrected chi connectivity index (χ3v) is 1.86. The van der Waals surface area contributed by atoms with E-state index < -0.39 is 0 Å². The van der Waals surface area contributed by atoms with Crippen LogP contribution in [0.3, 0.4) is 0 Å². The standard InChI is InChI=1S/C9H15NO/c1-3-11-7-6-10-8(2)9-4-5-9/h3,9H,1,4-7H2,2H3. The average Bonchev–Trinajstić information content (AvgIpc) is 2.79. The molecule has 0 aromatic heterocycles. The van der Waals surface area contributed by atoms with Gasteiger partial charge < -0.3 is 4.74 Å². The van der Waals surface area contributed by atoms with Crippen molar-refractivity contribution in [3.05, 3.63) is 12.8 Å².